The number of hydrogen-bond acceptors (Lipinski definition) is 3. The molecule has 2 bridgehead atoms. The van der Waals surface area contributed by atoms with Gasteiger partial charge in [0.05, 0.1) is 13.2 Å². The first-order valence-electron chi connectivity index (χ1n) is 7.03. The second-order valence-electron chi connectivity index (χ2n) is 5.51. The highest BCUT2D eigenvalue weighted by atomic mass is 32.1. The molecule has 1 aromatic carbocycles. The van der Waals surface area contributed by atoms with Crippen LogP contribution in [0.25, 0.3) is 0 Å². The molecule has 0 aromatic heterocycles. The smallest absolute Gasteiger partial charge is 0.184 e. The molecule has 2 aliphatic rings. The minimum atomic E-state index is -0.398. The predicted octanol–water partition coefficient (Wildman–Crippen LogP) is 2.84. The van der Waals surface area contributed by atoms with E-state index < -0.39 is 5.72 Å². The second kappa shape index (κ2) is 4.81. The Morgan fingerprint density at radius 3 is 3.05 bits per heavy atom. The molecular weight excluding hydrogens is 272 g/mol. The fourth-order valence-corrected chi connectivity index (χ4v) is 3.55. The number of thiocarbonyl (C=S) groups is 1. The number of ether oxygens (including phenoxy) is 2. The van der Waals surface area contributed by atoms with Crippen LogP contribution in [-0.4, -0.2) is 29.4 Å². The number of nitrogens with zero attached hydrogens (tertiary/aromatic N) is 1. The average molecular weight is 292 g/mol. The van der Waals surface area contributed by atoms with E-state index in [-0.39, 0.29) is 6.04 Å². The molecule has 2 heterocycles. The lowest BCUT2D eigenvalue weighted by Gasteiger charge is -2.52. The quantitative estimate of drug-likeness (QED) is 0.866. The number of para-hydroxylation sites is 1. The van der Waals surface area contributed by atoms with Crippen molar-refractivity contribution < 1.29 is 9.47 Å². The Balaban J connectivity index is 2.06. The van der Waals surface area contributed by atoms with Crippen molar-refractivity contribution in [2.24, 2.45) is 0 Å². The third-order valence-electron chi connectivity index (χ3n) is 4.07. The van der Waals surface area contributed by atoms with Gasteiger partial charge < -0.3 is 19.7 Å². The maximum Gasteiger partial charge on any atom is 0.184 e. The molecule has 1 fully saturated rings. The summed E-state index contributed by atoms with van der Waals surface area (Å²) < 4.78 is 11.8. The first-order chi connectivity index (χ1) is 9.59. The lowest BCUT2D eigenvalue weighted by Crippen LogP contribution is -2.64. The molecule has 4 nitrogen and oxygen atoms in total. The van der Waals surface area contributed by atoms with E-state index in [0.717, 1.165) is 41.6 Å². The van der Waals surface area contributed by atoms with Crippen molar-refractivity contribution in [3.8, 4) is 11.5 Å². The van der Waals surface area contributed by atoms with E-state index in [1.807, 2.05) is 12.1 Å². The minimum Gasteiger partial charge on any atom is -0.493 e. The van der Waals surface area contributed by atoms with E-state index in [0.29, 0.717) is 0 Å². The molecule has 3 rings (SSSR count). The predicted molar refractivity (Wildman–Crippen MR) is 82.1 cm³/mol. The Kier molecular flexibility index (Phi) is 3.24. The van der Waals surface area contributed by atoms with Crippen LogP contribution >= 0.6 is 12.2 Å². The van der Waals surface area contributed by atoms with Gasteiger partial charge in [-0.25, -0.2) is 0 Å². The Morgan fingerprint density at radius 1 is 1.55 bits per heavy atom. The molecule has 0 radical (unpaired) electrons. The summed E-state index contributed by atoms with van der Waals surface area (Å²) in [4.78, 5) is 2.15. The van der Waals surface area contributed by atoms with Gasteiger partial charge in [0.25, 0.3) is 0 Å². The van der Waals surface area contributed by atoms with Crippen molar-refractivity contribution in [1.29, 1.82) is 0 Å². The summed E-state index contributed by atoms with van der Waals surface area (Å²) in [7, 11) is 1.67. The zero-order chi connectivity index (χ0) is 14.3. The minimum absolute atomic E-state index is 0.194. The SMILES string of the molecule is CCCN1C(=S)NC2CC1(C)Oc1c(OC)cccc12. The van der Waals surface area contributed by atoms with Gasteiger partial charge in [0.2, 0.25) is 0 Å². The molecule has 1 aromatic rings. The highest BCUT2D eigenvalue weighted by molar-refractivity contribution is 7.80. The van der Waals surface area contributed by atoms with Crippen LogP contribution in [0.5, 0.6) is 11.5 Å². The highest BCUT2D eigenvalue weighted by Gasteiger charge is 2.47. The van der Waals surface area contributed by atoms with Gasteiger partial charge in [0, 0.05) is 18.5 Å². The number of fused-ring (bicyclic) bond motifs is 4. The summed E-state index contributed by atoms with van der Waals surface area (Å²) in [6, 6.07) is 6.20. The third kappa shape index (κ3) is 1.92. The van der Waals surface area contributed by atoms with Gasteiger partial charge in [0.1, 0.15) is 0 Å². The van der Waals surface area contributed by atoms with Crippen LogP contribution in [-0.2, 0) is 0 Å². The Hall–Kier alpha value is -1.49. The first-order valence-corrected chi connectivity index (χ1v) is 7.44. The molecule has 20 heavy (non-hydrogen) atoms. The van der Waals surface area contributed by atoms with Gasteiger partial charge in [-0.15, -0.1) is 0 Å². The molecular formula is C15H20N2O2S. The molecule has 2 atom stereocenters. The molecule has 1 saturated heterocycles. The van der Waals surface area contributed by atoms with E-state index in [1.165, 1.54) is 0 Å². The number of hydrogen-bond donors (Lipinski definition) is 1. The van der Waals surface area contributed by atoms with Crippen molar-refractivity contribution in [3.63, 3.8) is 0 Å². The van der Waals surface area contributed by atoms with Gasteiger partial charge in [-0.05, 0) is 31.6 Å². The van der Waals surface area contributed by atoms with Crippen molar-refractivity contribution >= 4 is 17.3 Å². The lowest BCUT2D eigenvalue weighted by atomic mass is 9.90. The number of methoxy groups -OCH3 is 1. The zero-order valence-electron chi connectivity index (χ0n) is 12.1. The molecule has 5 heteroatoms. The maximum atomic E-state index is 6.32. The van der Waals surface area contributed by atoms with Crippen molar-refractivity contribution in [2.45, 2.75) is 38.5 Å². The van der Waals surface area contributed by atoms with Crippen LogP contribution in [0.3, 0.4) is 0 Å². The van der Waals surface area contributed by atoms with E-state index in [1.54, 1.807) is 7.11 Å². The molecule has 2 unspecified atom stereocenters. The number of benzene rings is 1. The Bertz CT molecular complexity index is 549. The van der Waals surface area contributed by atoms with Gasteiger partial charge in [-0.2, -0.15) is 0 Å². The Labute approximate surface area is 125 Å². The van der Waals surface area contributed by atoms with E-state index >= 15 is 0 Å². The number of nitrogens with one attached hydrogen (secondary N) is 1. The largest absolute Gasteiger partial charge is 0.493 e. The van der Waals surface area contributed by atoms with Gasteiger partial charge in [-0.1, -0.05) is 19.1 Å². The van der Waals surface area contributed by atoms with Crippen molar-refractivity contribution in [2.75, 3.05) is 13.7 Å². The topological polar surface area (TPSA) is 33.7 Å². The van der Waals surface area contributed by atoms with Crippen LogP contribution in [0.1, 0.15) is 38.3 Å². The van der Waals surface area contributed by atoms with Gasteiger partial charge in [-0.3, -0.25) is 0 Å². The fraction of sp³-hybridized carbons (Fsp3) is 0.533. The van der Waals surface area contributed by atoms with E-state index in [9.17, 15) is 0 Å². The zero-order valence-corrected chi connectivity index (χ0v) is 12.9. The Morgan fingerprint density at radius 2 is 2.35 bits per heavy atom. The van der Waals surface area contributed by atoms with Crippen LogP contribution < -0.4 is 14.8 Å². The van der Waals surface area contributed by atoms with Crippen LogP contribution in [0.15, 0.2) is 18.2 Å². The van der Waals surface area contributed by atoms with Crippen LogP contribution in [0, 0.1) is 0 Å². The van der Waals surface area contributed by atoms with Gasteiger partial charge >= 0.3 is 0 Å². The summed E-state index contributed by atoms with van der Waals surface area (Å²) in [5, 5.41) is 4.21. The molecule has 108 valence electrons. The highest BCUT2D eigenvalue weighted by Crippen LogP contribution is 2.47. The summed E-state index contributed by atoms with van der Waals surface area (Å²) in [5.41, 5.74) is 0.727. The normalized spacial score (nSPS) is 27.4. The van der Waals surface area contributed by atoms with E-state index in [2.05, 4.69) is 30.1 Å². The van der Waals surface area contributed by atoms with E-state index in [4.69, 9.17) is 21.7 Å². The monoisotopic (exact) mass is 292 g/mol. The summed E-state index contributed by atoms with van der Waals surface area (Å²) in [6.07, 6.45) is 1.91. The lowest BCUT2D eigenvalue weighted by molar-refractivity contribution is -0.0694. The average Bonchev–Trinajstić information content (AvgIpc) is 2.42. The van der Waals surface area contributed by atoms with Gasteiger partial charge in [0.15, 0.2) is 22.3 Å². The molecule has 2 aliphatic heterocycles. The molecule has 1 N–H and O–H groups in total. The standard InChI is InChI=1S/C15H20N2O2S/c1-4-8-17-14(20)16-11-9-15(17,2)19-13-10(11)6-5-7-12(13)18-3/h5-7,11H,4,8-9H2,1-3H3,(H,16,20). The summed E-state index contributed by atoms with van der Waals surface area (Å²) >= 11 is 5.51. The first kappa shape index (κ1) is 13.5. The summed E-state index contributed by atoms with van der Waals surface area (Å²) in [5.74, 6) is 1.62. The van der Waals surface area contributed by atoms with Crippen LogP contribution in [0.2, 0.25) is 0 Å². The third-order valence-corrected chi connectivity index (χ3v) is 4.41. The summed E-state index contributed by atoms with van der Waals surface area (Å²) in [6.45, 7) is 5.15. The number of rotatable bonds is 3. The molecule has 0 spiro atoms. The molecule has 0 saturated carbocycles. The molecule has 0 amide bonds. The second-order valence-corrected chi connectivity index (χ2v) is 5.90. The van der Waals surface area contributed by atoms with Crippen LogP contribution in [0.4, 0.5) is 0 Å². The molecule has 0 aliphatic carbocycles. The maximum absolute atomic E-state index is 6.32. The van der Waals surface area contributed by atoms with Crippen molar-refractivity contribution in [3.05, 3.63) is 23.8 Å². The fourth-order valence-electron chi connectivity index (χ4n) is 3.12. The van der Waals surface area contributed by atoms with Crippen molar-refractivity contribution in [1.82, 2.24) is 10.2 Å².